The lowest BCUT2D eigenvalue weighted by Crippen LogP contribution is -2.41. The van der Waals surface area contributed by atoms with Crippen LogP contribution in [0.3, 0.4) is 0 Å². The highest BCUT2D eigenvalue weighted by molar-refractivity contribution is 6.03. The van der Waals surface area contributed by atoms with Crippen LogP contribution in [0.5, 0.6) is 0 Å². The second-order valence-corrected chi connectivity index (χ2v) is 3.45. The topological polar surface area (TPSA) is 57.6 Å². The standard InChI is InChI=1S/C9H15NO3/c1-3-7(5-11)10-8(12)4-6(2)9(10)13/h6-7,11H,3-5H2,1-2H3. The highest BCUT2D eigenvalue weighted by Crippen LogP contribution is 2.22. The number of imide groups is 1. The van der Waals surface area contributed by atoms with E-state index in [0.717, 1.165) is 0 Å². The fourth-order valence-corrected chi connectivity index (χ4v) is 1.58. The van der Waals surface area contributed by atoms with Gasteiger partial charge in [-0.3, -0.25) is 14.5 Å². The first kappa shape index (κ1) is 10.2. The van der Waals surface area contributed by atoms with Gasteiger partial charge in [-0.25, -0.2) is 0 Å². The molecule has 13 heavy (non-hydrogen) atoms. The number of aliphatic hydroxyl groups is 1. The molecule has 0 aromatic rings. The summed E-state index contributed by atoms with van der Waals surface area (Å²) in [4.78, 5) is 24.0. The van der Waals surface area contributed by atoms with Crippen LogP contribution >= 0.6 is 0 Å². The summed E-state index contributed by atoms with van der Waals surface area (Å²) in [6.45, 7) is 3.45. The molecule has 0 aliphatic carbocycles. The normalized spacial score (nSPS) is 25.5. The molecule has 1 aliphatic rings. The van der Waals surface area contributed by atoms with Crippen molar-refractivity contribution in [3.63, 3.8) is 0 Å². The fraction of sp³-hybridized carbons (Fsp3) is 0.778. The van der Waals surface area contributed by atoms with Crippen molar-refractivity contribution in [2.45, 2.75) is 32.7 Å². The quantitative estimate of drug-likeness (QED) is 0.637. The molecule has 2 unspecified atom stereocenters. The van der Waals surface area contributed by atoms with Gasteiger partial charge in [0, 0.05) is 12.3 Å². The van der Waals surface area contributed by atoms with Gasteiger partial charge in [-0.05, 0) is 6.42 Å². The van der Waals surface area contributed by atoms with E-state index < -0.39 is 0 Å². The molecule has 0 aromatic heterocycles. The van der Waals surface area contributed by atoms with Gasteiger partial charge in [-0.15, -0.1) is 0 Å². The van der Waals surface area contributed by atoms with Gasteiger partial charge in [0.15, 0.2) is 0 Å². The van der Waals surface area contributed by atoms with Crippen molar-refractivity contribution in [1.82, 2.24) is 4.90 Å². The Morgan fingerprint density at radius 3 is 2.54 bits per heavy atom. The Kier molecular flexibility index (Phi) is 3.03. The van der Waals surface area contributed by atoms with Crippen molar-refractivity contribution in [1.29, 1.82) is 0 Å². The summed E-state index contributed by atoms with van der Waals surface area (Å²) >= 11 is 0. The molecule has 0 spiro atoms. The van der Waals surface area contributed by atoms with Crippen LogP contribution in [0.15, 0.2) is 0 Å². The number of rotatable bonds is 3. The molecule has 4 nitrogen and oxygen atoms in total. The summed E-state index contributed by atoms with van der Waals surface area (Å²) in [5.41, 5.74) is 0. The monoisotopic (exact) mass is 185 g/mol. The summed E-state index contributed by atoms with van der Waals surface area (Å²) in [5.74, 6) is -0.516. The largest absolute Gasteiger partial charge is 0.394 e. The van der Waals surface area contributed by atoms with E-state index in [1.165, 1.54) is 4.90 Å². The predicted octanol–water partition coefficient (Wildman–Crippen LogP) is 0.152. The smallest absolute Gasteiger partial charge is 0.232 e. The second-order valence-electron chi connectivity index (χ2n) is 3.45. The lowest BCUT2D eigenvalue weighted by molar-refractivity contribution is -0.143. The van der Waals surface area contributed by atoms with Crippen LogP contribution < -0.4 is 0 Å². The van der Waals surface area contributed by atoms with Crippen molar-refractivity contribution < 1.29 is 14.7 Å². The molecule has 4 heteroatoms. The van der Waals surface area contributed by atoms with Gasteiger partial charge in [-0.1, -0.05) is 13.8 Å². The van der Waals surface area contributed by atoms with Crippen LogP contribution in [0.2, 0.25) is 0 Å². The summed E-state index contributed by atoms with van der Waals surface area (Å²) < 4.78 is 0. The summed E-state index contributed by atoms with van der Waals surface area (Å²) in [6.07, 6.45) is 0.899. The van der Waals surface area contributed by atoms with E-state index in [2.05, 4.69) is 0 Å². The Bertz CT molecular complexity index is 223. The SMILES string of the molecule is CCC(CO)N1C(=O)CC(C)C1=O. The Morgan fingerprint density at radius 1 is 1.62 bits per heavy atom. The predicted molar refractivity (Wildman–Crippen MR) is 46.8 cm³/mol. The van der Waals surface area contributed by atoms with Crippen LogP contribution in [-0.4, -0.2) is 34.5 Å². The summed E-state index contributed by atoms with van der Waals surface area (Å²) in [7, 11) is 0. The van der Waals surface area contributed by atoms with Gasteiger partial charge in [-0.2, -0.15) is 0 Å². The summed E-state index contributed by atoms with van der Waals surface area (Å²) in [5, 5.41) is 8.96. The van der Waals surface area contributed by atoms with Gasteiger partial charge in [0.25, 0.3) is 0 Å². The zero-order valence-corrected chi connectivity index (χ0v) is 7.99. The molecule has 1 fully saturated rings. The van der Waals surface area contributed by atoms with Gasteiger partial charge in [0.2, 0.25) is 11.8 Å². The molecular weight excluding hydrogens is 170 g/mol. The van der Waals surface area contributed by atoms with E-state index in [1.807, 2.05) is 6.92 Å². The number of hydrogen-bond donors (Lipinski definition) is 1. The maximum Gasteiger partial charge on any atom is 0.232 e. The van der Waals surface area contributed by atoms with Gasteiger partial charge < -0.3 is 5.11 Å². The molecule has 1 rings (SSSR count). The Balaban J connectivity index is 2.78. The number of carbonyl (C=O) groups is 2. The molecule has 1 heterocycles. The van der Waals surface area contributed by atoms with Crippen LogP contribution in [0.25, 0.3) is 0 Å². The molecule has 0 saturated carbocycles. The van der Waals surface area contributed by atoms with Crippen molar-refractivity contribution in [2.75, 3.05) is 6.61 Å². The zero-order chi connectivity index (χ0) is 10.0. The third kappa shape index (κ3) is 1.72. The Morgan fingerprint density at radius 2 is 2.23 bits per heavy atom. The average Bonchev–Trinajstić information content (AvgIpc) is 2.34. The van der Waals surface area contributed by atoms with Gasteiger partial charge in [0.1, 0.15) is 0 Å². The third-order valence-corrected chi connectivity index (χ3v) is 2.46. The first-order chi connectivity index (χ1) is 6.11. The minimum Gasteiger partial charge on any atom is -0.394 e. The zero-order valence-electron chi connectivity index (χ0n) is 7.99. The molecule has 1 N–H and O–H groups in total. The van der Waals surface area contributed by atoms with Crippen molar-refractivity contribution >= 4 is 11.8 Å². The molecule has 2 atom stereocenters. The van der Waals surface area contributed by atoms with Crippen molar-refractivity contribution in [3.05, 3.63) is 0 Å². The van der Waals surface area contributed by atoms with Gasteiger partial charge >= 0.3 is 0 Å². The third-order valence-electron chi connectivity index (χ3n) is 2.46. The van der Waals surface area contributed by atoms with E-state index >= 15 is 0 Å². The van der Waals surface area contributed by atoms with E-state index in [9.17, 15) is 9.59 Å². The maximum absolute atomic E-state index is 11.5. The first-order valence-electron chi connectivity index (χ1n) is 4.58. The molecule has 0 bridgehead atoms. The molecule has 1 aliphatic heterocycles. The van der Waals surface area contributed by atoms with Crippen molar-refractivity contribution in [3.8, 4) is 0 Å². The number of nitrogens with zero attached hydrogens (tertiary/aromatic N) is 1. The number of hydrogen-bond acceptors (Lipinski definition) is 3. The van der Waals surface area contributed by atoms with E-state index in [0.29, 0.717) is 6.42 Å². The van der Waals surface area contributed by atoms with E-state index in [1.54, 1.807) is 6.92 Å². The minimum absolute atomic E-state index is 0.138. The number of likely N-dealkylation sites (tertiary alicyclic amines) is 1. The Hall–Kier alpha value is -0.900. The molecular formula is C9H15NO3. The van der Waals surface area contributed by atoms with Crippen LogP contribution in [0.4, 0.5) is 0 Å². The van der Waals surface area contributed by atoms with Crippen LogP contribution in [-0.2, 0) is 9.59 Å². The second kappa shape index (κ2) is 3.87. The molecule has 0 aromatic carbocycles. The molecule has 2 amide bonds. The number of carbonyl (C=O) groups excluding carboxylic acids is 2. The summed E-state index contributed by atoms with van der Waals surface area (Å²) in [6, 6.07) is -0.329. The lowest BCUT2D eigenvalue weighted by Gasteiger charge is -2.23. The molecule has 74 valence electrons. The Labute approximate surface area is 77.5 Å². The number of amides is 2. The fourth-order valence-electron chi connectivity index (χ4n) is 1.58. The van der Waals surface area contributed by atoms with E-state index in [-0.39, 0.29) is 36.8 Å². The first-order valence-corrected chi connectivity index (χ1v) is 4.58. The van der Waals surface area contributed by atoms with Crippen LogP contribution in [0, 0.1) is 5.92 Å². The molecule has 1 saturated heterocycles. The highest BCUT2D eigenvalue weighted by Gasteiger charge is 2.38. The van der Waals surface area contributed by atoms with Gasteiger partial charge in [0.05, 0.1) is 12.6 Å². The minimum atomic E-state index is -0.329. The number of aliphatic hydroxyl groups excluding tert-OH is 1. The maximum atomic E-state index is 11.5. The molecule has 0 radical (unpaired) electrons. The lowest BCUT2D eigenvalue weighted by atomic mass is 10.1. The highest BCUT2D eigenvalue weighted by atomic mass is 16.3. The van der Waals surface area contributed by atoms with E-state index in [4.69, 9.17) is 5.11 Å². The average molecular weight is 185 g/mol. The van der Waals surface area contributed by atoms with Crippen LogP contribution in [0.1, 0.15) is 26.7 Å². The van der Waals surface area contributed by atoms with Crippen molar-refractivity contribution in [2.24, 2.45) is 5.92 Å².